The molecule has 0 bridgehead atoms. The molecular formula is C18H15N5O. The lowest BCUT2D eigenvalue weighted by Gasteiger charge is -2.06. The SMILES string of the molecule is O=C(NCCc1nc2ccccc2[nH]1)c1ccnc2ncccc12. The Hall–Kier alpha value is -3.28. The maximum absolute atomic E-state index is 12.4. The fourth-order valence-electron chi connectivity index (χ4n) is 2.69. The van der Waals surface area contributed by atoms with Crippen molar-refractivity contribution in [3.8, 4) is 0 Å². The molecule has 3 aromatic heterocycles. The smallest absolute Gasteiger partial charge is 0.252 e. The lowest BCUT2D eigenvalue weighted by molar-refractivity contribution is 0.0955. The molecule has 0 fully saturated rings. The molecule has 0 unspecified atom stereocenters. The van der Waals surface area contributed by atoms with Crippen LogP contribution in [0.1, 0.15) is 16.2 Å². The Kier molecular flexibility index (Phi) is 3.63. The van der Waals surface area contributed by atoms with Crippen molar-refractivity contribution in [1.29, 1.82) is 0 Å². The maximum atomic E-state index is 12.4. The van der Waals surface area contributed by atoms with E-state index in [9.17, 15) is 4.79 Å². The van der Waals surface area contributed by atoms with E-state index in [1.807, 2.05) is 30.3 Å². The van der Waals surface area contributed by atoms with E-state index in [4.69, 9.17) is 0 Å². The number of rotatable bonds is 4. The molecule has 118 valence electrons. The summed E-state index contributed by atoms with van der Waals surface area (Å²) in [7, 11) is 0. The highest BCUT2D eigenvalue weighted by Crippen LogP contribution is 2.14. The Bertz CT molecular complexity index is 986. The summed E-state index contributed by atoms with van der Waals surface area (Å²) < 4.78 is 0. The standard InChI is InChI=1S/C18H15N5O/c24-18(13-7-10-20-17-12(13)4-3-9-19-17)21-11-8-16-22-14-5-1-2-6-15(14)23-16/h1-7,9-10H,8,11H2,(H,21,24)(H,22,23). The first-order chi connectivity index (χ1) is 11.8. The summed E-state index contributed by atoms with van der Waals surface area (Å²) in [6.07, 6.45) is 3.91. The van der Waals surface area contributed by atoms with Crippen LogP contribution >= 0.6 is 0 Å². The molecule has 6 heteroatoms. The van der Waals surface area contributed by atoms with Crippen molar-refractivity contribution in [3.63, 3.8) is 0 Å². The number of nitrogens with one attached hydrogen (secondary N) is 2. The van der Waals surface area contributed by atoms with Crippen LogP contribution in [0.5, 0.6) is 0 Å². The van der Waals surface area contributed by atoms with Crippen molar-refractivity contribution in [2.24, 2.45) is 0 Å². The molecular weight excluding hydrogens is 302 g/mol. The van der Waals surface area contributed by atoms with Crippen LogP contribution in [0.3, 0.4) is 0 Å². The fourth-order valence-corrected chi connectivity index (χ4v) is 2.69. The number of amides is 1. The molecule has 3 heterocycles. The first-order valence-electron chi connectivity index (χ1n) is 7.73. The lowest BCUT2D eigenvalue weighted by atomic mass is 10.1. The third-order valence-electron chi connectivity index (χ3n) is 3.85. The molecule has 24 heavy (non-hydrogen) atoms. The van der Waals surface area contributed by atoms with Gasteiger partial charge >= 0.3 is 0 Å². The van der Waals surface area contributed by atoms with Gasteiger partial charge in [-0.15, -0.1) is 0 Å². The van der Waals surface area contributed by atoms with Crippen LogP contribution in [0.4, 0.5) is 0 Å². The van der Waals surface area contributed by atoms with E-state index in [1.54, 1.807) is 24.5 Å². The van der Waals surface area contributed by atoms with Crippen LogP contribution < -0.4 is 5.32 Å². The maximum Gasteiger partial charge on any atom is 0.252 e. The molecule has 0 aliphatic heterocycles. The molecule has 4 aromatic rings. The number of fused-ring (bicyclic) bond motifs is 2. The van der Waals surface area contributed by atoms with Crippen LogP contribution in [0.25, 0.3) is 22.1 Å². The number of pyridine rings is 2. The Balaban J connectivity index is 1.46. The summed E-state index contributed by atoms with van der Waals surface area (Å²) in [5, 5.41) is 3.68. The van der Waals surface area contributed by atoms with Crippen LogP contribution in [0.2, 0.25) is 0 Å². The normalized spacial score (nSPS) is 11.0. The number of hydrogen-bond acceptors (Lipinski definition) is 4. The minimum Gasteiger partial charge on any atom is -0.352 e. The minimum absolute atomic E-state index is 0.133. The lowest BCUT2D eigenvalue weighted by Crippen LogP contribution is -2.26. The predicted octanol–water partition coefficient (Wildman–Crippen LogP) is 2.48. The molecule has 0 radical (unpaired) electrons. The number of imidazole rings is 1. The summed E-state index contributed by atoms with van der Waals surface area (Å²) in [6.45, 7) is 0.503. The molecule has 0 saturated heterocycles. The second kappa shape index (κ2) is 6.08. The van der Waals surface area contributed by atoms with Gasteiger partial charge in [0.2, 0.25) is 0 Å². The van der Waals surface area contributed by atoms with Crippen LogP contribution in [0, 0.1) is 0 Å². The zero-order valence-electron chi connectivity index (χ0n) is 12.9. The first-order valence-corrected chi connectivity index (χ1v) is 7.73. The first kappa shape index (κ1) is 14.3. The van der Waals surface area contributed by atoms with Gasteiger partial charge in [0.15, 0.2) is 5.65 Å². The third-order valence-corrected chi connectivity index (χ3v) is 3.85. The summed E-state index contributed by atoms with van der Waals surface area (Å²) in [4.78, 5) is 28.5. The number of carbonyl (C=O) groups excluding carboxylic acids is 1. The average molecular weight is 317 g/mol. The van der Waals surface area contributed by atoms with E-state index >= 15 is 0 Å². The number of hydrogen-bond donors (Lipinski definition) is 2. The number of H-pyrrole nitrogens is 1. The zero-order valence-corrected chi connectivity index (χ0v) is 12.9. The molecule has 0 spiro atoms. The van der Waals surface area contributed by atoms with Gasteiger partial charge in [-0.2, -0.15) is 0 Å². The van der Waals surface area contributed by atoms with Gasteiger partial charge in [-0.1, -0.05) is 12.1 Å². The van der Waals surface area contributed by atoms with E-state index in [0.29, 0.717) is 24.2 Å². The second-order valence-electron chi connectivity index (χ2n) is 5.44. The van der Waals surface area contributed by atoms with Crippen LogP contribution in [0.15, 0.2) is 54.9 Å². The molecule has 6 nitrogen and oxygen atoms in total. The van der Waals surface area contributed by atoms with Gasteiger partial charge in [0.25, 0.3) is 5.91 Å². The number of aromatic amines is 1. The van der Waals surface area contributed by atoms with Gasteiger partial charge in [0, 0.05) is 30.7 Å². The zero-order chi connectivity index (χ0) is 16.4. The summed E-state index contributed by atoms with van der Waals surface area (Å²) in [6, 6.07) is 13.2. The van der Waals surface area contributed by atoms with E-state index in [-0.39, 0.29) is 5.91 Å². The molecule has 4 rings (SSSR count). The average Bonchev–Trinajstić information content (AvgIpc) is 3.04. The highest BCUT2D eigenvalue weighted by atomic mass is 16.1. The van der Waals surface area contributed by atoms with Crippen LogP contribution in [-0.2, 0) is 6.42 Å². The predicted molar refractivity (Wildman–Crippen MR) is 91.7 cm³/mol. The number of para-hydroxylation sites is 2. The molecule has 1 aromatic carbocycles. The fraction of sp³-hybridized carbons (Fsp3) is 0.111. The van der Waals surface area contributed by atoms with Crippen LogP contribution in [-0.4, -0.2) is 32.4 Å². The topological polar surface area (TPSA) is 83.6 Å². The number of benzene rings is 1. The number of aromatic nitrogens is 4. The van der Waals surface area contributed by atoms with Crippen molar-refractivity contribution >= 4 is 28.0 Å². The third kappa shape index (κ3) is 2.69. The van der Waals surface area contributed by atoms with Gasteiger partial charge < -0.3 is 10.3 Å². The van der Waals surface area contributed by atoms with Crippen molar-refractivity contribution in [1.82, 2.24) is 25.3 Å². The highest BCUT2D eigenvalue weighted by molar-refractivity contribution is 6.05. The van der Waals surface area contributed by atoms with Gasteiger partial charge in [-0.25, -0.2) is 15.0 Å². The number of nitrogens with zero attached hydrogens (tertiary/aromatic N) is 3. The second-order valence-corrected chi connectivity index (χ2v) is 5.44. The molecule has 0 aliphatic rings. The van der Waals surface area contributed by atoms with Crippen molar-refractivity contribution in [2.45, 2.75) is 6.42 Å². The summed E-state index contributed by atoms with van der Waals surface area (Å²) >= 11 is 0. The minimum atomic E-state index is -0.133. The monoisotopic (exact) mass is 317 g/mol. The Labute approximate surface area is 138 Å². The summed E-state index contributed by atoms with van der Waals surface area (Å²) in [5.41, 5.74) is 3.09. The van der Waals surface area contributed by atoms with Crippen molar-refractivity contribution in [2.75, 3.05) is 6.54 Å². The number of carbonyl (C=O) groups is 1. The van der Waals surface area contributed by atoms with Gasteiger partial charge in [0.1, 0.15) is 5.82 Å². The molecule has 0 aliphatic carbocycles. The van der Waals surface area contributed by atoms with E-state index in [2.05, 4.69) is 25.3 Å². The molecule has 2 N–H and O–H groups in total. The quantitative estimate of drug-likeness (QED) is 0.605. The molecule has 1 amide bonds. The van der Waals surface area contributed by atoms with E-state index in [1.165, 1.54) is 0 Å². The van der Waals surface area contributed by atoms with Gasteiger partial charge in [0.05, 0.1) is 16.6 Å². The largest absolute Gasteiger partial charge is 0.352 e. The Morgan fingerprint density at radius 2 is 1.92 bits per heavy atom. The highest BCUT2D eigenvalue weighted by Gasteiger charge is 2.10. The Morgan fingerprint density at radius 1 is 1.04 bits per heavy atom. The van der Waals surface area contributed by atoms with E-state index in [0.717, 1.165) is 22.2 Å². The molecule has 0 atom stereocenters. The van der Waals surface area contributed by atoms with Crippen molar-refractivity contribution in [3.05, 3.63) is 66.2 Å². The van der Waals surface area contributed by atoms with Gasteiger partial charge in [-0.3, -0.25) is 4.79 Å². The van der Waals surface area contributed by atoms with E-state index < -0.39 is 0 Å². The van der Waals surface area contributed by atoms with Gasteiger partial charge in [-0.05, 0) is 30.3 Å². The Morgan fingerprint density at radius 3 is 2.83 bits per heavy atom. The summed E-state index contributed by atoms with van der Waals surface area (Å²) in [5.74, 6) is 0.726. The molecule has 0 saturated carbocycles. The van der Waals surface area contributed by atoms with Crippen molar-refractivity contribution < 1.29 is 4.79 Å².